The van der Waals surface area contributed by atoms with Crippen LogP contribution >= 0.6 is 11.8 Å². The Morgan fingerprint density at radius 2 is 1.87 bits per heavy atom. The third kappa shape index (κ3) is 4.72. The van der Waals surface area contributed by atoms with E-state index in [-0.39, 0.29) is 5.91 Å². The van der Waals surface area contributed by atoms with E-state index in [1.165, 1.54) is 11.8 Å². The zero-order chi connectivity index (χ0) is 21.8. The van der Waals surface area contributed by atoms with E-state index in [0.717, 1.165) is 33.3 Å². The smallest absolute Gasteiger partial charge is 0.233 e. The van der Waals surface area contributed by atoms with Gasteiger partial charge >= 0.3 is 0 Å². The number of methoxy groups -OCH3 is 1. The fourth-order valence-corrected chi connectivity index (χ4v) is 4.28. The Labute approximate surface area is 185 Å². The Bertz CT molecular complexity index is 1220. The van der Waals surface area contributed by atoms with E-state index in [2.05, 4.69) is 22.3 Å². The molecule has 0 aliphatic rings. The van der Waals surface area contributed by atoms with Crippen LogP contribution in [0.4, 0.5) is 0 Å². The normalized spacial score (nSPS) is 10.9. The molecule has 0 unspecified atom stereocenters. The van der Waals surface area contributed by atoms with Gasteiger partial charge in [-0.1, -0.05) is 48.2 Å². The number of ether oxygens (including phenoxy) is 1. The maximum atomic E-state index is 12.7. The number of aryl methyl sites for hydroxylation is 1. The number of hydrogen-bond donors (Lipinski definition) is 0. The number of amides is 1. The summed E-state index contributed by atoms with van der Waals surface area (Å²) in [5.41, 5.74) is 3.23. The average Bonchev–Trinajstić information content (AvgIpc) is 3.25. The van der Waals surface area contributed by atoms with Gasteiger partial charge in [0.05, 0.1) is 18.6 Å². The number of hydrogen-bond acceptors (Lipinski definition) is 5. The maximum absolute atomic E-state index is 12.7. The standard InChI is InChI=1S/C24H24N4O2S/c1-17-6-4-5-7-22(17)28-16-25-26-24(28)31-15-23(29)27(2)14-18-8-9-20-13-21(30-3)11-10-19(20)12-18/h4-13,16H,14-15H2,1-3H3. The minimum Gasteiger partial charge on any atom is -0.497 e. The topological polar surface area (TPSA) is 60.2 Å². The largest absolute Gasteiger partial charge is 0.497 e. The van der Waals surface area contributed by atoms with Crippen LogP contribution in [-0.4, -0.2) is 45.5 Å². The molecule has 158 valence electrons. The predicted molar refractivity (Wildman–Crippen MR) is 124 cm³/mol. The second kappa shape index (κ2) is 9.22. The summed E-state index contributed by atoms with van der Waals surface area (Å²) in [6, 6.07) is 20.3. The molecule has 0 atom stereocenters. The minimum atomic E-state index is 0.0409. The van der Waals surface area contributed by atoms with Gasteiger partial charge < -0.3 is 9.64 Å². The summed E-state index contributed by atoms with van der Waals surface area (Å²) in [5, 5.41) is 11.2. The first kappa shape index (κ1) is 20.9. The van der Waals surface area contributed by atoms with Crippen LogP contribution in [0, 0.1) is 6.92 Å². The van der Waals surface area contributed by atoms with Gasteiger partial charge in [0.15, 0.2) is 5.16 Å². The molecule has 0 fully saturated rings. The summed E-state index contributed by atoms with van der Waals surface area (Å²) in [6.07, 6.45) is 1.68. The Morgan fingerprint density at radius 1 is 1.10 bits per heavy atom. The fraction of sp³-hybridized carbons (Fsp3) is 0.208. The van der Waals surface area contributed by atoms with Crippen molar-refractivity contribution < 1.29 is 9.53 Å². The quantitative estimate of drug-likeness (QED) is 0.403. The first-order valence-corrected chi connectivity index (χ1v) is 10.9. The lowest BCUT2D eigenvalue weighted by Crippen LogP contribution is -2.27. The van der Waals surface area contributed by atoms with Crippen LogP contribution in [0.1, 0.15) is 11.1 Å². The molecule has 0 N–H and O–H groups in total. The summed E-state index contributed by atoms with van der Waals surface area (Å²) in [5.74, 6) is 1.17. The van der Waals surface area contributed by atoms with Crippen molar-refractivity contribution in [2.45, 2.75) is 18.6 Å². The summed E-state index contributed by atoms with van der Waals surface area (Å²) in [6.45, 7) is 2.59. The van der Waals surface area contributed by atoms with Crippen molar-refractivity contribution in [1.29, 1.82) is 0 Å². The first-order chi connectivity index (χ1) is 15.0. The third-order valence-electron chi connectivity index (χ3n) is 5.17. The summed E-state index contributed by atoms with van der Waals surface area (Å²) >= 11 is 1.40. The molecule has 4 aromatic rings. The van der Waals surface area contributed by atoms with E-state index >= 15 is 0 Å². The summed E-state index contributed by atoms with van der Waals surface area (Å²) < 4.78 is 7.20. The second-order valence-electron chi connectivity index (χ2n) is 7.36. The van der Waals surface area contributed by atoms with Crippen LogP contribution in [0.5, 0.6) is 5.75 Å². The van der Waals surface area contributed by atoms with Crippen molar-refractivity contribution in [2.24, 2.45) is 0 Å². The molecule has 4 rings (SSSR count). The molecule has 0 radical (unpaired) electrons. The highest BCUT2D eigenvalue weighted by Gasteiger charge is 2.14. The van der Waals surface area contributed by atoms with E-state index < -0.39 is 0 Å². The molecule has 1 heterocycles. The van der Waals surface area contributed by atoms with E-state index in [1.54, 1.807) is 18.3 Å². The monoisotopic (exact) mass is 432 g/mol. The molecular formula is C24H24N4O2S. The van der Waals surface area contributed by atoms with Crippen LogP contribution in [0.25, 0.3) is 16.5 Å². The van der Waals surface area contributed by atoms with E-state index in [9.17, 15) is 4.79 Å². The van der Waals surface area contributed by atoms with Gasteiger partial charge in [0.2, 0.25) is 5.91 Å². The van der Waals surface area contributed by atoms with Gasteiger partial charge in [0, 0.05) is 13.6 Å². The van der Waals surface area contributed by atoms with Crippen LogP contribution in [0.15, 0.2) is 72.1 Å². The molecule has 0 aliphatic carbocycles. The third-order valence-corrected chi connectivity index (χ3v) is 6.10. The number of carbonyl (C=O) groups is 1. The molecular weight excluding hydrogens is 408 g/mol. The minimum absolute atomic E-state index is 0.0409. The fourth-order valence-electron chi connectivity index (χ4n) is 3.42. The van der Waals surface area contributed by atoms with Crippen LogP contribution in [-0.2, 0) is 11.3 Å². The molecule has 7 heteroatoms. The first-order valence-electron chi connectivity index (χ1n) is 9.94. The van der Waals surface area contributed by atoms with Gasteiger partial charge in [-0.25, -0.2) is 0 Å². The Balaban J connectivity index is 1.40. The number of thioether (sulfide) groups is 1. The number of carbonyl (C=O) groups excluding carboxylic acids is 1. The molecule has 6 nitrogen and oxygen atoms in total. The maximum Gasteiger partial charge on any atom is 0.233 e. The molecule has 1 amide bonds. The van der Waals surface area contributed by atoms with Gasteiger partial charge in [-0.05, 0) is 53.1 Å². The molecule has 0 spiro atoms. The highest BCUT2D eigenvalue weighted by atomic mass is 32.2. The number of nitrogens with zero attached hydrogens (tertiary/aromatic N) is 4. The highest BCUT2D eigenvalue weighted by molar-refractivity contribution is 7.99. The van der Waals surface area contributed by atoms with Crippen molar-refractivity contribution in [2.75, 3.05) is 19.9 Å². The Morgan fingerprint density at radius 3 is 2.68 bits per heavy atom. The zero-order valence-corrected chi connectivity index (χ0v) is 18.6. The number of fused-ring (bicyclic) bond motifs is 1. The summed E-state index contributed by atoms with van der Waals surface area (Å²) in [7, 11) is 3.49. The molecule has 31 heavy (non-hydrogen) atoms. The van der Waals surface area contributed by atoms with Gasteiger partial charge in [0.1, 0.15) is 12.1 Å². The van der Waals surface area contributed by atoms with Crippen LogP contribution < -0.4 is 4.74 Å². The predicted octanol–water partition coefficient (Wildman–Crippen LogP) is 4.49. The van der Waals surface area contributed by atoms with E-state index in [1.807, 2.05) is 67.1 Å². The molecule has 3 aromatic carbocycles. The lowest BCUT2D eigenvalue weighted by atomic mass is 10.1. The number of aromatic nitrogens is 3. The molecule has 1 aromatic heterocycles. The van der Waals surface area contributed by atoms with E-state index in [4.69, 9.17) is 4.74 Å². The van der Waals surface area contributed by atoms with Crippen LogP contribution in [0.2, 0.25) is 0 Å². The van der Waals surface area contributed by atoms with Crippen LogP contribution in [0.3, 0.4) is 0 Å². The highest BCUT2D eigenvalue weighted by Crippen LogP contribution is 2.24. The molecule has 0 bridgehead atoms. The Hall–Kier alpha value is -3.32. The van der Waals surface area contributed by atoms with Gasteiger partial charge in [-0.2, -0.15) is 0 Å². The van der Waals surface area contributed by atoms with Gasteiger partial charge in [-0.15, -0.1) is 10.2 Å². The van der Waals surface area contributed by atoms with Gasteiger partial charge in [0.25, 0.3) is 0 Å². The van der Waals surface area contributed by atoms with Crippen molar-refractivity contribution in [3.63, 3.8) is 0 Å². The average molecular weight is 433 g/mol. The van der Waals surface area contributed by atoms with Crippen molar-refractivity contribution in [1.82, 2.24) is 19.7 Å². The lowest BCUT2D eigenvalue weighted by Gasteiger charge is -2.17. The number of rotatable bonds is 7. The van der Waals surface area contributed by atoms with Crippen molar-refractivity contribution in [3.05, 3.63) is 78.1 Å². The second-order valence-corrected chi connectivity index (χ2v) is 8.30. The SMILES string of the molecule is COc1ccc2cc(CN(C)C(=O)CSc3nncn3-c3ccccc3C)ccc2c1. The van der Waals surface area contributed by atoms with Crippen molar-refractivity contribution >= 4 is 28.4 Å². The zero-order valence-electron chi connectivity index (χ0n) is 17.8. The summed E-state index contributed by atoms with van der Waals surface area (Å²) in [4.78, 5) is 14.5. The number of para-hydroxylation sites is 1. The molecule has 0 saturated heterocycles. The van der Waals surface area contributed by atoms with Crippen molar-refractivity contribution in [3.8, 4) is 11.4 Å². The number of benzene rings is 3. The molecule has 0 saturated carbocycles. The van der Waals surface area contributed by atoms with Gasteiger partial charge in [-0.3, -0.25) is 9.36 Å². The lowest BCUT2D eigenvalue weighted by molar-refractivity contribution is -0.127. The Kier molecular flexibility index (Phi) is 6.23. The van der Waals surface area contributed by atoms with E-state index in [0.29, 0.717) is 17.5 Å². The molecule has 0 aliphatic heterocycles.